The minimum Gasteiger partial charge on any atom is -0.406 e. The summed E-state index contributed by atoms with van der Waals surface area (Å²) >= 11 is 0. The highest BCUT2D eigenvalue weighted by Gasteiger charge is 2.32. The van der Waals surface area contributed by atoms with Crippen molar-refractivity contribution in [2.24, 2.45) is 5.92 Å². The van der Waals surface area contributed by atoms with Gasteiger partial charge < -0.3 is 9.64 Å². The summed E-state index contributed by atoms with van der Waals surface area (Å²) in [4.78, 5) is 42.3. The molecule has 0 N–H and O–H groups in total. The van der Waals surface area contributed by atoms with Gasteiger partial charge in [0.15, 0.2) is 0 Å². The second-order valence-electron chi connectivity index (χ2n) is 9.49. The number of para-hydroxylation sites is 2. The van der Waals surface area contributed by atoms with E-state index in [0.717, 1.165) is 10.1 Å². The minimum atomic E-state index is -4.79. The number of rotatable bonds is 6. The highest BCUT2D eigenvalue weighted by Crippen LogP contribution is 2.33. The van der Waals surface area contributed by atoms with Crippen molar-refractivity contribution in [3.05, 3.63) is 106 Å². The Morgan fingerprint density at radius 1 is 0.949 bits per heavy atom. The molecule has 5 rings (SSSR count). The summed E-state index contributed by atoms with van der Waals surface area (Å²) < 4.78 is 43.0. The number of pyridine rings is 1. The molecule has 0 radical (unpaired) electrons. The van der Waals surface area contributed by atoms with Gasteiger partial charge in [0.1, 0.15) is 11.3 Å². The van der Waals surface area contributed by atoms with Crippen molar-refractivity contribution < 1.29 is 27.5 Å². The number of benzene rings is 3. The fraction of sp³-hybridized carbons (Fsp3) is 0.233. The van der Waals surface area contributed by atoms with Crippen LogP contribution >= 0.6 is 0 Å². The van der Waals surface area contributed by atoms with Crippen LogP contribution in [-0.4, -0.2) is 29.3 Å². The number of amides is 1. The molecule has 0 fully saturated rings. The predicted molar refractivity (Wildman–Crippen MR) is 141 cm³/mol. The van der Waals surface area contributed by atoms with Gasteiger partial charge >= 0.3 is 6.36 Å². The molecule has 4 aromatic rings. The van der Waals surface area contributed by atoms with Crippen LogP contribution in [0, 0.1) is 5.92 Å². The number of nitrogens with zero attached hydrogens (tertiary/aromatic N) is 2. The molecule has 1 amide bonds. The molecule has 200 valence electrons. The smallest absolute Gasteiger partial charge is 0.406 e. The molecule has 0 aliphatic heterocycles. The third-order valence-corrected chi connectivity index (χ3v) is 6.91. The van der Waals surface area contributed by atoms with Crippen molar-refractivity contribution in [3.63, 3.8) is 0 Å². The van der Waals surface area contributed by atoms with Crippen molar-refractivity contribution in [3.8, 4) is 5.75 Å². The summed E-state index contributed by atoms with van der Waals surface area (Å²) in [7, 11) is 0. The minimum absolute atomic E-state index is 0.0120. The Hall–Kier alpha value is -4.40. The number of aromatic nitrogens is 1. The molecular weight excluding hydrogens is 509 g/mol. The maximum absolute atomic E-state index is 13.7. The predicted octanol–water partition coefficient (Wildman–Crippen LogP) is 6.01. The van der Waals surface area contributed by atoms with Crippen LogP contribution in [0.25, 0.3) is 10.9 Å². The lowest BCUT2D eigenvalue weighted by Crippen LogP contribution is -2.38. The van der Waals surface area contributed by atoms with Gasteiger partial charge in [-0.3, -0.25) is 14.4 Å². The highest BCUT2D eigenvalue weighted by atomic mass is 19.4. The third-order valence-electron chi connectivity index (χ3n) is 6.91. The van der Waals surface area contributed by atoms with E-state index in [1.54, 1.807) is 61.5 Å². The lowest BCUT2D eigenvalue weighted by molar-refractivity contribution is -0.274. The average Bonchev–Trinajstić information content (AvgIpc) is 3.29. The largest absolute Gasteiger partial charge is 0.573 e. The number of fused-ring (bicyclic) bond motifs is 2. The van der Waals surface area contributed by atoms with E-state index in [1.165, 1.54) is 23.1 Å². The lowest BCUT2D eigenvalue weighted by Gasteiger charge is -2.22. The molecule has 1 aromatic heterocycles. The van der Waals surface area contributed by atoms with Crippen molar-refractivity contribution >= 4 is 28.4 Å². The van der Waals surface area contributed by atoms with Crippen LogP contribution in [0.5, 0.6) is 5.75 Å². The average molecular weight is 535 g/mol. The number of carbonyl (C=O) groups is 2. The van der Waals surface area contributed by atoms with Gasteiger partial charge in [-0.05, 0) is 78.6 Å². The topological polar surface area (TPSA) is 68.6 Å². The number of carbonyl (C=O) groups excluding carboxylic acids is 2. The SMILES string of the molecule is CCN(C(=O)c1cc2ccccc2n(C(=O)CC2Cc3ccc(OC(F)(F)F)cc3C2)c1=O)c1ccccc1. The molecule has 0 bridgehead atoms. The van der Waals surface area contributed by atoms with E-state index < -0.39 is 23.7 Å². The molecule has 1 atom stereocenters. The maximum atomic E-state index is 13.7. The van der Waals surface area contributed by atoms with Gasteiger partial charge in [0.2, 0.25) is 5.91 Å². The molecule has 6 nitrogen and oxygen atoms in total. The summed E-state index contributed by atoms with van der Waals surface area (Å²) in [5, 5.41) is 0.571. The maximum Gasteiger partial charge on any atom is 0.573 e. The first kappa shape index (κ1) is 26.2. The number of anilines is 1. The Balaban J connectivity index is 1.45. The quantitative estimate of drug-likeness (QED) is 0.304. The molecule has 3 aromatic carbocycles. The molecule has 1 aliphatic carbocycles. The van der Waals surface area contributed by atoms with E-state index >= 15 is 0 Å². The summed E-state index contributed by atoms with van der Waals surface area (Å²) in [6.07, 6.45) is -3.95. The Morgan fingerprint density at radius 3 is 2.36 bits per heavy atom. The fourth-order valence-corrected chi connectivity index (χ4v) is 5.22. The standard InChI is InChI=1S/C30H25F3N2O4/c1-2-34(23-9-4-3-5-10-23)28(37)25-18-21-8-6-7-11-26(21)35(29(25)38)27(36)16-19-14-20-12-13-24(17-22(20)15-19)39-30(31,32)33/h3-13,17-19H,2,14-16H2,1H3. The number of halogens is 3. The van der Waals surface area contributed by atoms with Gasteiger partial charge in [-0.2, -0.15) is 0 Å². The zero-order valence-corrected chi connectivity index (χ0v) is 21.1. The van der Waals surface area contributed by atoms with E-state index in [0.29, 0.717) is 41.5 Å². The zero-order valence-electron chi connectivity index (χ0n) is 21.1. The van der Waals surface area contributed by atoms with Gasteiger partial charge in [0.25, 0.3) is 11.5 Å². The molecule has 39 heavy (non-hydrogen) atoms. The van der Waals surface area contributed by atoms with E-state index in [9.17, 15) is 27.6 Å². The molecule has 9 heteroatoms. The third kappa shape index (κ3) is 5.43. The van der Waals surface area contributed by atoms with Gasteiger partial charge in [0.05, 0.1) is 5.52 Å². The first-order chi connectivity index (χ1) is 18.6. The van der Waals surface area contributed by atoms with E-state index in [-0.39, 0.29) is 23.7 Å². The van der Waals surface area contributed by atoms with Gasteiger partial charge in [-0.1, -0.05) is 42.5 Å². The molecule has 1 aliphatic rings. The number of ether oxygens (including phenoxy) is 1. The molecule has 0 saturated carbocycles. The molecular formula is C30H25F3N2O4. The zero-order chi connectivity index (χ0) is 27.7. The van der Waals surface area contributed by atoms with Crippen molar-refractivity contribution in [2.75, 3.05) is 11.4 Å². The normalized spacial score (nSPS) is 14.7. The van der Waals surface area contributed by atoms with Crippen molar-refractivity contribution in [1.29, 1.82) is 0 Å². The van der Waals surface area contributed by atoms with E-state index in [4.69, 9.17) is 0 Å². The first-order valence-corrected chi connectivity index (χ1v) is 12.6. The Labute approximate surface area is 222 Å². The van der Waals surface area contributed by atoms with Gasteiger partial charge in [-0.15, -0.1) is 13.2 Å². The first-order valence-electron chi connectivity index (χ1n) is 12.6. The van der Waals surface area contributed by atoms with Crippen LogP contribution in [0.1, 0.15) is 39.6 Å². The molecule has 1 heterocycles. The highest BCUT2D eigenvalue weighted by molar-refractivity contribution is 6.08. The molecule has 1 unspecified atom stereocenters. The van der Waals surface area contributed by atoms with Crippen LogP contribution < -0.4 is 15.2 Å². The Kier molecular flexibility index (Phi) is 6.99. The van der Waals surface area contributed by atoms with Crippen LogP contribution in [-0.2, 0) is 12.8 Å². The van der Waals surface area contributed by atoms with Gasteiger partial charge in [0, 0.05) is 18.7 Å². The summed E-state index contributed by atoms with van der Waals surface area (Å²) in [5.74, 6) is -1.50. The summed E-state index contributed by atoms with van der Waals surface area (Å²) in [6, 6.07) is 21.5. The number of hydrogen-bond acceptors (Lipinski definition) is 4. The Bertz CT molecular complexity index is 1610. The van der Waals surface area contributed by atoms with E-state index in [2.05, 4.69) is 4.74 Å². The number of alkyl halides is 3. The second-order valence-corrected chi connectivity index (χ2v) is 9.49. The van der Waals surface area contributed by atoms with E-state index in [1.807, 2.05) is 6.07 Å². The lowest BCUT2D eigenvalue weighted by atomic mass is 10.0. The molecule has 0 saturated heterocycles. The summed E-state index contributed by atoms with van der Waals surface area (Å²) in [6.45, 7) is 2.13. The fourth-order valence-electron chi connectivity index (χ4n) is 5.22. The second kappa shape index (κ2) is 10.4. The molecule has 0 spiro atoms. The number of hydrogen-bond donors (Lipinski definition) is 0. The van der Waals surface area contributed by atoms with Crippen molar-refractivity contribution in [1.82, 2.24) is 4.57 Å². The van der Waals surface area contributed by atoms with Crippen LogP contribution in [0.3, 0.4) is 0 Å². The monoisotopic (exact) mass is 534 g/mol. The van der Waals surface area contributed by atoms with Crippen LogP contribution in [0.4, 0.5) is 18.9 Å². The van der Waals surface area contributed by atoms with Gasteiger partial charge in [-0.25, -0.2) is 4.57 Å². The van der Waals surface area contributed by atoms with Crippen LogP contribution in [0.15, 0.2) is 83.7 Å². The van der Waals surface area contributed by atoms with Crippen molar-refractivity contribution in [2.45, 2.75) is 32.5 Å². The summed E-state index contributed by atoms with van der Waals surface area (Å²) in [5.41, 5.74) is 1.73. The van der Waals surface area contributed by atoms with Crippen LogP contribution in [0.2, 0.25) is 0 Å². The Morgan fingerprint density at radius 2 is 1.64 bits per heavy atom.